The summed E-state index contributed by atoms with van der Waals surface area (Å²) in [7, 11) is 0. The van der Waals surface area contributed by atoms with E-state index in [0.29, 0.717) is 6.47 Å². The van der Waals surface area contributed by atoms with Gasteiger partial charge in [-0.05, 0) is 0 Å². The molecule has 0 aromatic rings. The van der Waals surface area contributed by atoms with Crippen LogP contribution in [0.3, 0.4) is 0 Å². The van der Waals surface area contributed by atoms with Crippen LogP contribution in [0, 0.1) is 0 Å². The number of carbonyl (C=O) groups excluding carboxylic acids is 1. The van der Waals surface area contributed by atoms with Crippen LogP contribution in [0.1, 0.15) is 14.9 Å². The quantitative estimate of drug-likeness (QED) is 0.198. The van der Waals surface area contributed by atoms with Gasteiger partial charge in [0.15, 0.2) is 0 Å². The van der Waals surface area contributed by atoms with Gasteiger partial charge in [-0.3, -0.25) is 5.84 Å². The van der Waals surface area contributed by atoms with Crippen molar-refractivity contribution < 1.29 is 35.8 Å². The van der Waals surface area contributed by atoms with Crippen molar-refractivity contribution in [3.05, 3.63) is 0 Å². The number of nitrogens with two attached hydrogens (primary N) is 1. The molecule has 0 aliphatic rings. The van der Waals surface area contributed by atoms with Gasteiger partial charge in [0.1, 0.15) is 0 Å². The van der Waals surface area contributed by atoms with Crippen molar-refractivity contribution in [3.63, 3.8) is 0 Å². The number of hydrazine groups is 1. The number of aliphatic hydroxyl groups excluding tert-OH is 1. The largest absolute Gasteiger partial charge is 2.00 e. The third kappa shape index (κ3) is 952. The second-order valence-electron chi connectivity index (χ2n) is 0.338. The Labute approximate surface area is 75.2 Å². The van der Waals surface area contributed by atoms with Crippen molar-refractivity contribution in [2.75, 3.05) is 0 Å². The van der Waals surface area contributed by atoms with E-state index < -0.39 is 0 Å². The van der Waals surface area contributed by atoms with E-state index in [1.807, 2.05) is 0 Å². The zero-order valence-corrected chi connectivity index (χ0v) is 6.68. The van der Waals surface area contributed by atoms with Gasteiger partial charge >= 0.3 is 21.1 Å². The molecule has 0 aromatic heterocycles. The van der Waals surface area contributed by atoms with Crippen molar-refractivity contribution >= 4 is 12.9 Å². The Hall–Kier alpha value is -0.412. The Morgan fingerprint density at radius 2 is 1.40 bits per heavy atom. The minimum Gasteiger partial charge on any atom is -0.665 e. The summed E-state index contributed by atoms with van der Waals surface area (Å²) < 4.78 is 0. The molecule has 0 spiro atoms. The zero-order valence-electron chi connectivity index (χ0n) is 3.75. The van der Waals surface area contributed by atoms with Crippen LogP contribution in [0.15, 0.2) is 0 Å². The fourth-order valence-corrected chi connectivity index (χ4v) is 0. The minimum absolute atomic E-state index is 0. The van der Waals surface area contributed by atoms with Crippen molar-refractivity contribution in [1.29, 1.82) is 0 Å². The van der Waals surface area contributed by atoms with E-state index in [4.69, 9.17) is 14.7 Å². The second kappa shape index (κ2) is 73.8. The van der Waals surface area contributed by atoms with Gasteiger partial charge < -0.3 is 20.1 Å². The Morgan fingerprint density at radius 1 is 1.30 bits per heavy atom. The first-order valence-electron chi connectivity index (χ1n) is 1.17. The fourth-order valence-electron chi connectivity index (χ4n) is 0. The van der Waals surface area contributed by atoms with Crippen LogP contribution in [0.25, 0.3) is 0 Å². The average Bonchev–Trinajstić information content (AvgIpc) is 1.69. The number of hydrogen-bond acceptors (Lipinski definition) is 3. The molecule has 0 atom stereocenters. The Kier molecular flexibility index (Phi) is 248. The van der Waals surface area contributed by atoms with E-state index in [0.717, 1.165) is 0 Å². The maximum Gasteiger partial charge on any atom is 2.00 e. The molecule has 6 heteroatoms. The monoisotopic (exact) mass is 320 g/mol. The van der Waals surface area contributed by atoms with Crippen LogP contribution in [0.2, 0.25) is 0 Å². The second-order valence-corrected chi connectivity index (χ2v) is 0.338. The van der Waals surface area contributed by atoms with Crippen LogP contribution >= 0.6 is 0 Å². The van der Waals surface area contributed by atoms with E-state index in [9.17, 15) is 0 Å². The van der Waals surface area contributed by atoms with Crippen LogP contribution in [0.5, 0.6) is 0 Å². The van der Waals surface area contributed by atoms with E-state index in [1.54, 1.807) is 5.43 Å². The van der Waals surface area contributed by atoms with Gasteiger partial charge in [-0.15, -0.1) is 0 Å². The summed E-state index contributed by atoms with van der Waals surface area (Å²) in [5.74, 6) is 4.35. The first kappa shape index (κ1) is 33.6. The summed E-state index contributed by atoms with van der Waals surface area (Å²) in [5, 5.41) is 6.76. The van der Waals surface area contributed by atoms with Gasteiger partial charge in [0.2, 0.25) is 0 Å². The number of hydrogen-bond donors (Lipinski definition) is 3. The predicted octanol–water partition coefficient (Wildman–Crippen LogP) is -0.602. The average molecular weight is 320 g/mol. The summed E-state index contributed by atoms with van der Waals surface area (Å²) in [4.78, 5) is 17.0. The summed E-state index contributed by atoms with van der Waals surface area (Å²) >= 11 is 0. The standard InChI is InChI=1S/CH3N2O.CHO2.2CH4.W/c2-3-1-4;2-1-3;;;/h2H2,(H,3,4);(H,2,3);2*1H4;/q2*-1;;;+2. The molecular formula is C4H12N2O3W. The van der Waals surface area contributed by atoms with Gasteiger partial charge in [0.25, 0.3) is 0 Å². The Balaban J connectivity index is -0.0000000131. The Morgan fingerprint density at radius 3 is 1.40 bits per heavy atom. The smallest absolute Gasteiger partial charge is 0.665 e. The molecule has 0 aromatic carbocycles. The third-order valence-corrected chi connectivity index (χ3v) is 0.0589. The van der Waals surface area contributed by atoms with Crippen molar-refractivity contribution in [3.8, 4) is 0 Å². The van der Waals surface area contributed by atoms with Gasteiger partial charge in [-0.25, -0.2) is 0 Å². The SMILES string of the molecule is C.C.NN[C-]=O.O=[C-]O.[W+2]. The van der Waals surface area contributed by atoms with Crippen LogP contribution in [0.4, 0.5) is 0 Å². The van der Waals surface area contributed by atoms with Gasteiger partial charge in [0.05, 0.1) is 0 Å². The van der Waals surface area contributed by atoms with E-state index >= 15 is 0 Å². The topological polar surface area (TPSA) is 92.4 Å². The molecule has 62 valence electrons. The van der Waals surface area contributed by atoms with Crippen LogP contribution in [-0.4, -0.2) is 18.0 Å². The summed E-state index contributed by atoms with van der Waals surface area (Å²) in [5.41, 5.74) is 1.62. The van der Waals surface area contributed by atoms with Gasteiger partial charge in [-0.1, -0.05) is 21.3 Å². The normalized spacial score (nSPS) is 3.30. The molecule has 0 heterocycles. The molecule has 0 aliphatic carbocycles. The molecule has 0 unspecified atom stereocenters. The zero-order chi connectivity index (χ0) is 6.12. The molecule has 0 bridgehead atoms. The summed E-state index contributed by atoms with van der Waals surface area (Å²) in [6.45, 7) is 0.500. The molecule has 10 heavy (non-hydrogen) atoms. The molecule has 0 saturated heterocycles. The number of rotatable bonds is 1. The molecular weight excluding hydrogens is 308 g/mol. The first-order valence-corrected chi connectivity index (χ1v) is 1.17. The fraction of sp³-hybridized carbons (Fsp3) is 0.500. The van der Waals surface area contributed by atoms with E-state index in [-0.39, 0.29) is 35.9 Å². The molecule has 5 nitrogen and oxygen atoms in total. The van der Waals surface area contributed by atoms with Crippen LogP contribution in [-0.2, 0) is 30.7 Å². The molecule has 1 amide bonds. The molecule has 0 aliphatic heterocycles. The molecule has 0 fully saturated rings. The minimum atomic E-state index is 0. The Bertz CT molecular complexity index is 53.8. The number of amides is 1. The molecule has 0 saturated carbocycles. The van der Waals surface area contributed by atoms with Gasteiger partial charge in [0, 0.05) is 0 Å². The third-order valence-electron chi connectivity index (χ3n) is 0.0589. The van der Waals surface area contributed by atoms with Crippen molar-refractivity contribution in [2.24, 2.45) is 5.84 Å². The molecule has 4 N–H and O–H groups in total. The van der Waals surface area contributed by atoms with Crippen LogP contribution < -0.4 is 11.3 Å². The molecule has 0 rings (SSSR count). The van der Waals surface area contributed by atoms with Gasteiger partial charge in [-0.2, -0.15) is 6.41 Å². The summed E-state index contributed by atoms with van der Waals surface area (Å²) in [6, 6.07) is 0. The van der Waals surface area contributed by atoms with Crippen molar-refractivity contribution in [2.45, 2.75) is 14.9 Å². The maximum absolute atomic E-state index is 8.81. The van der Waals surface area contributed by atoms with E-state index in [1.165, 1.54) is 6.41 Å². The summed E-state index contributed by atoms with van der Waals surface area (Å²) in [6.07, 6.45) is 1.21. The maximum atomic E-state index is 8.81. The van der Waals surface area contributed by atoms with Crippen molar-refractivity contribution in [1.82, 2.24) is 5.43 Å². The number of nitrogens with one attached hydrogen (secondary N) is 1. The predicted molar refractivity (Wildman–Crippen MR) is 34.8 cm³/mol. The first-order chi connectivity index (χ1) is 3.33. The molecule has 0 radical (unpaired) electrons. The van der Waals surface area contributed by atoms with E-state index in [2.05, 4.69) is 5.84 Å².